The normalized spacial score (nSPS) is 20.8. The molecule has 0 spiro atoms. The summed E-state index contributed by atoms with van der Waals surface area (Å²) in [6.45, 7) is 3.51. The van der Waals surface area contributed by atoms with Gasteiger partial charge < -0.3 is 9.64 Å². The zero-order valence-electron chi connectivity index (χ0n) is 10.8. The summed E-state index contributed by atoms with van der Waals surface area (Å²) in [7, 11) is -4.60. The van der Waals surface area contributed by atoms with Gasteiger partial charge in [-0.15, -0.1) is 3.89 Å². The van der Waals surface area contributed by atoms with Gasteiger partial charge in [0.2, 0.25) is 5.91 Å². The second-order valence-corrected chi connectivity index (χ2v) is 5.73. The van der Waals surface area contributed by atoms with Gasteiger partial charge in [-0.2, -0.15) is 8.42 Å². The van der Waals surface area contributed by atoms with E-state index in [9.17, 15) is 21.9 Å². The first-order chi connectivity index (χ1) is 8.73. The Hall–Kier alpha value is -1.44. The number of amides is 1. The van der Waals surface area contributed by atoms with Crippen molar-refractivity contribution in [3.63, 3.8) is 0 Å². The molecule has 0 saturated carbocycles. The Kier molecular flexibility index (Phi) is 5.04. The SMILES string of the molecule is CCOC(=O)C=C(C)N1CC(CS(=O)(=O)F)CC1=O. The van der Waals surface area contributed by atoms with E-state index in [1.54, 1.807) is 13.8 Å². The maximum Gasteiger partial charge on any atom is 0.332 e. The number of ether oxygens (including phenoxy) is 1. The molecule has 1 aliphatic rings. The van der Waals surface area contributed by atoms with Crippen LogP contribution in [0, 0.1) is 5.92 Å². The number of carbonyl (C=O) groups is 2. The molecule has 0 N–H and O–H groups in total. The number of likely N-dealkylation sites (tertiary alicyclic amines) is 1. The van der Waals surface area contributed by atoms with E-state index in [1.807, 2.05) is 0 Å². The molecule has 0 aliphatic carbocycles. The van der Waals surface area contributed by atoms with Crippen LogP contribution < -0.4 is 0 Å². The lowest BCUT2D eigenvalue weighted by Crippen LogP contribution is -2.24. The fourth-order valence-corrected chi connectivity index (χ4v) is 2.73. The summed E-state index contributed by atoms with van der Waals surface area (Å²) >= 11 is 0. The van der Waals surface area contributed by atoms with Gasteiger partial charge in [-0.05, 0) is 13.8 Å². The van der Waals surface area contributed by atoms with Crippen molar-refractivity contribution in [2.45, 2.75) is 20.3 Å². The molecule has 1 fully saturated rings. The third-order valence-corrected chi connectivity index (χ3v) is 3.55. The number of hydrogen-bond acceptors (Lipinski definition) is 5. The quantitative estimate of drug-likeness (QED) is 0.421. The van der Waals surface area contributed by atoms with Crippen LogP contribution in [0.5, 0.6) is 0 Å². The van der Waals surface area contributed by atoms with Gasteiger partial charge in [-0.25, -0.2) is 4.79 Å². The van der Waals surface area contributed by atoms with Gasteiger partial charge in [0.05, 0.1) is 12.4 Å². The second kappa shape index (κ2) is 6.14. The Morgan fingerprint density at radius 3 is 2.74 bits per heavy atom. The lowest BCUT2D eigenvalue weighted by atomic mass is 10.1. The molecule has 1 atom stereocenters. The molecule has 0 aromatic rings. The number of rotatable bonds is 5. The van der Waals surface area contributed by atoms with Crippen LogP contribution in [0.3, 0.4) is 0 Å². The van der Waals surface area contributed by atoms with E-state index in [4.69, 9.17) is 4.74 Å². The molecule has 0 aromatic heterocycles. The van der Waals surface area contributed by atoms with Crippen molar-refractivity contribution in [3.8, 4) is 0 Å². The molecule has 1 aliphatic heterocycles. The third-order valence-electron chi connectivity index (χ3n) is 2.68. The van der Waals surface area contributed by atoms with Crippen molar-refractivity contribution >= 4 is 22.1 Å². The minimum Gasteiger partial charge on any atom is -0.463 e. The van der Waals surface area contributed by atoms with Gasteiger partial charge >= 0.3 is 16.2 Å². The molecule has 1 heterocycles. The van der Waals surface area contributed by atoms with Crippen LogP contribution in [0.2, 0.25) is 0 Å². The second-order valence-electron chi connectivity index (χ2n) is 4.32. The van der Waals surface area contributed by atoms with Crippen LogP contribution in [-0.4, -0.2) is 44.1 Å². The summed E-state index contributed by atoms with van der Waals surface area (Å²) in [4.78, 5) is 24.2. The Morgan fingerprint density at radius 2 is 2.21 bits per heavy atom. The number of esters is 1. The van der Waals surface area contributed by atoms with Crippen LogP contribution >= 0.6 is 0 Å². The molecule has 1 rings (SSSR count). The van der Waals surface area contributed by atoms with Gasteiger partial charge in [-0.3, -0.25) is 4.79 Å². The van der Waals surface area contributed by atoms with Crippen molar-refractivity contribution in [1.82, 2.24) is 4.90 Å². The van der Waals surface area contributed by atoms with Gasteiger partial charge in [0.1, 0.15) is 0 Å². The van der Waals surface area contributed by atoms with E-state index in [0.717, 1.165) is 6.08 Å². The van der Waals surface area contributed by atoms with Gasteiger partial charge in [0, 0.05) is 30.7 Å². The van der Waals surface area contributed by atoms with Crippen molar-refractivity contribution in [2.75, 3.05) is 18.9 Å². The minimum absolute atomic E-state index is 0.0445. The number of allylic oxidation sites excluding steroid dienone is 1. The Labute approximate surface area is 111 Å². The van der Waals surface area contributed by atoms with E-state index in [1.165, 1.54) is 4.90 Å². The predicted octanol–water partition coefficient (Wildman–Crippen LogP) is 0.601. The topological polar surface area (TPSA) is 80.8 Å². The Morgan fingerprint density at radius 1 is 1.58 bits per heavy atom. The van der Waals surface area contributed by atoms with E-state index >= 15 is 0 Å². The van der Waals surface area contributed by atoms with Crippen molar-refractivity contribution in [1.29, 1.82) is 0 Å². The number of nitrogens with zero attached hydrogens (tertiary/aromatic N) is 1. The number of hydrogen-bond donors (Lipinski definition) is 0. The minimum atomic E-state index is -4.60. The smallest absolute Gasteiger partial charge is 0.332 e. The lowest BCUT2D eigenvalue weighted by molar-refractivity contribution is -0.137. The molecule has 108 valence electrons. The fraction of sp³-hybridized carbons (Fsp3) is 0.636. The lowest BCUT2D eigenvalue weighted by Gasteiger charge is -2.16. The summed E-state index contributed by atoms with van der Waals surface area (Å²) in [5.74, 6) is -2.17. The van der Waals surface area contributed by atoms with Gasteiger partial charge in [-0.1, -0.05) is 0 Å². The first-order valence-electron chi connectivity index (χ1n) is 5.80. The van der Waals surface area contributed by atoms with E-state index in [-0.39, 0.29) is 25.5 Å². The highest BCUT2D eigenvalue weighted by atomic mass is 32.3. The van der Waals surface area contributed by atoms with Gasteiger partial charge in [0.25, 0.3) is 0 Å². The molecule has 19 heavy (non-hydrogen) atoms. The molecule has 1 saturated heterocycles. The summed E-state index contributed by atoms with van der Waals surface area (Å²) in [6.07, 6.45) is 1.12. The highest BCUT2D eigenvalue weighted by Crippen LogP contribution is 2.23. The summed E-state index contributed by atoms with van der Waals surface area (Å²) in [5, 5.41) is 0. The molecule has 0 radical (unpaired) electrons. The Bertz CT molecular complexity index is 499. The number of carbonyl (C=O) groups excluding carboxylic acids is 2. The first-order valence-corrected chi connectivity index (χ1v) is 7.36. The van der Waals surface area contributed by atoms with E-state index in [0.29, 0.717) is 5.70 Å². The van der Waals surface area contributed by atoms with Crippen molar-refractivity contribution < 1.29 is 26.6 Å². The molecule has 0 aromatic carbocycles. The predicted molar refractivity (Wildman–Crippen MR) is 65.1 cm³/mol. The largest absolute Gasteiger partial charge is 0.463 e. The summed E-state index contributed by atoms with van der Waals surface area (Å²) in [5.41, 5.74) is 0.363. The maximum atomic E-state index is 12.6. The van der Waals surface area contributed by atoms with Crippen molar-refractivity contribution in [2.24, 2.45) is 5.92 Å². The standard InChI is InChI=1S/C11H16FNO5S/c1-3-18-11(15)4-8(2)13-6-9(5-10(13)14)7-19(12,16)17/h4,9H,3,5-7H2,1-2H3. The van der Waals surface area contributed by atoms with E-state index < -0.39 is 27.9 Å². The van der Waals surface area contributed by atoms with Crippen LogP contribution in [0.15, 0.2) is 11.8 Å². The maximum absolute atomic E-state index is 12.6. The first kappa shape index (κ1) is 15.6. The molecule has 6 nitrogen and oxygen atoms in total. The molecular weight excluding hydrogens is 277 g/mol. The fourth-order valence-electron chi connectivity index (χ4n) is 1.95. The third kappa shape index (κ3) is 4.98. The van der Waals surface area contributed by atoms with Crippen LogP contribution in [0.4, 0.5) is 3.89 Å². The monoisotopic (exact) mass is 293 g/mol. The summed E-state index contributed by atoms with van der Waals surface area (Å²) in [6, 6.07) is 0. The highest BCUT2D eigenvalue weighted by molar-refractivity contribution is 7.86. The van der Waals surface area contributed by atoms with E-state index in [2.05, 4.69) is 0 Å². The molecular formula is C11H16FNO5S. The Balaban J connectivity index is 2.70. The molecule has 1 unspecified atom stereocenters. The molecule has 1 amide bonds. The zero-order valence-corrected chi connectivity index (χ0v) is 11.6. The zero-order chi connectivity index (χ0) is 14.6. The number of halogens is 1. The van der Waals surface area contributed by atoms with Crippen LogP contribution in [-0.2, 0) is 24.5 Å². The highest BCUT2D eigenvalue weighted by Gasteiger charge is 2.33. The van der Waals surface area contributed by atoms with Crippen molar-refractivity contribution in [3.05, 3.63) is 11.8 Å². The average Bonchev–Trinajstić information content (AvgIpc) is 2.56. The molecule has 0 bridgehead atoms. The molecule has 8 heteroatoms. The van der Waals surface area contributed by atoms with Crippen LogP contribution in [0.25, 0.3) is 0 Å². The average molecular weight is 293 g/mol. The summed E-state index contributed by atoms with van der Waals surface area (Å²) < 4.78 is 38.4. The van der Waals surface area contributed by atoms with Crippen LogP contribution in [0.1, 0.15) is 20.3 Å². The van der Waals surface area contributed by atoms with Gasteiger partial charge in [0.15, 0.2) is 0 Å².